The van der Waals surface area contributed by atoms with Crippen LogP contribution in [0.2, 0.25) is 0 Å². The van der Waals surface area contributed by atoms with Crippen molar-refractivity contribution in [2.75, 3.05) is 12.4 Å². The topological polar surface area (TPSA) is 87.7 Å². The van der Waals surface area contributed by atoms with E-state index in [4.69, 9.17) is 4.74 Å². The Labute approximate surface area is 152 Å². The molecular formula is C19H23N3O4. The highest BCUT2D eigenvalue weighted by molar-refractivity contribution is 5.95. The summed E-state index contributed by atoms with van der Waals surface area (Å²) in [6.45, 7) is 0. The van der Waals surface area contributed by atoms with Crippen molar-refractivity contribution in [3.05, 3.63) is 42.5 Å². The number of para-hydroxylation sites is 1. The van der Waals surface area contributed by atoms with Crippen molar-refractivity contribution < 1.29 is 19.1 Å². The molecule has 2 N–H and O–H groups in total. The first-order valence-electron chi connectivity index (χ1n) is 8.77. The average molecular weight is 357 g/mol. The predicted octanol–water partition coefficient (Wildman–Crippen LogP) is 2.06. The number of carbonyl (C=O) groups is 3. The molecule has 2 heterocycles. The van der Waals surface area contributed by atoms with Crippen LogP contribution in [-0.4, -0.2) is 48.0 Å². The van der Waals surface area contributed by atoms with Gasteiger partial charge in [0.1, 0.15) is 12.1 Å². The number of urea groups is 1. The molecule has 2 aliphatic heterocycles. The second-order valence-electron chi connectivity index (χ2n) is 6.48. The van der Waals surface area contributed by atoms with Gasteiger partial charge < -0.3 is 20.3 Å². The van der Waals surface area contributed by atoms with Gasteiger partial charge in [0.15, 0.2) is 0 Å². The van der Waals surface area contributed by atoms with Crippen LogP contribution < -0.4 is 10.6 Å². The van der Waals surface area contributed by atoms with E-state index in [0.717, 1.165) is 6.42 Å². The molecule has 26 heavy (non-hydrogen) atoms. The summed E-state index contributed by atoms with van der Waals surface area (Å²) < 4.78 is 4.85. The molecule has 3 amide bonds. The molecule has 1 aromatic carbocycles. The number of methoxy groups -OCH3 is 1. The van der Waals surface area contributed by atoms with Crippen LogP contribution in [0.15, 0.2) is 42.5 Å². The molecule has 7 nitrogen and oxygen atoms in total. The maximum atomic E-state index is 13.0. The minimum Gasteiger partial charge on any atom is -0.467 e. The monoisotopic (exact) mass is 357 g/mol. The number of nitrogens with one attached hydrogen (secondary N) is 2. The van der Waals surface area contributed by atoms with Gasteiger partial charge in [0.2, 0.25) is 5.91 Å². The molecular weight excluding hydrogens is 334 g/mol. The molecule has 0 radical (unpaired) electrons. The Morgan fingerprint density at radius 2 is 1.85 bits per heavy atom. The second kappa shape index (κ2) is 8.03. The number of ether oxygens (including phenoxy) is 1. The van der Waals surface area contributed by atoms with Gasteiger partial charge in [0.25, 0.3) is 0 Å². The normalized spacial score (nSPS) is 25.0. The molecule has 0 saturated carbocycles. The van der Waals surface area contributed by atoms with E-state index < -0.39 is 24.1 Å². The van der Waals surface area contributed by atoms with Crippen molar-refractivity contribution in [1.29, 1.82) is 0 Å². The van der Waals surface area contributed by atoms with Crippen LogP contribution in [0.3, 0.4) is 0 Å². The number of hydrogen-bond donors (Lipinski definition) is 2. The maximum absolute atomic E-state index is 13.0. The Hall–Kier alpha value is -2.83. The first-order chi connectivity index (χ1) is 12.6. The maximum Gasteiger partial charge on any atom is 0.328 e. The lowest BCUT2D eigenvalue weighted by atomic mass is 10.0. The minimum atomic E-state index is -0.719. The fourth-order valence-electron chi connectivity index (χ4n) is 3.55. The second-order valence-corrected chi connectivity index (χ2v) is 6.48. The van der Waals surface area contributed by atoms with E-state index in [2.05, 4.69) is 10.6 Å². The lowest BCUT2D eigenvalue weighted by molar-refractivity contribution is -0.152. The zero-order valence-corrected chi connectivity index (χ0v) is 14.7. The molecule has 1 aromatic rings. The zero-order valence-electron chi connectivity index (χ0n) is 14.7. The van der Waals surface area contributed by atoms with Crippen LogP contribution in [0.1, 0.15) is 25.7 Å². The van der Waals surface area contributed by atoms with Gasteiger partial charge >= 0.3 is 12.0 Å². The highest BCUT2D eigenvalue weighted by atomic mass is 16.5. The molecule has 0 aromatic heterocycles. The number of nitrogens with zero attached hydrogens (tertiary/aromatic N) is 1. The lowest BCUT2D eigenvalue weighted by Gasteiger charge is -2.33. The Balaban J connectivity index is 1.72. The highest BCUT2D eigenvalue weighted by Crippen LogP contribution is 2.30. The minimum absolute atomic E-state index is 0.0374. The van der Waals surface area contributed by atoms with Gasteiger partial charge in [-0.1, -0.05) is 30.4 Å². The molecule has 1 fully saturated rings. The fourth-order valence-corrected chi connectivity index (χ4v) is 3.55. The number of anilines is 1. The number of hydrogen-bond acceptors (Lipinski definition) is 4. The Morgan fingerprint density at radius 3 is 2.58 bits per heavy atom. The molecule has 138 valence electrons. The number of esters is 1. The fraction of sp³-hybridized carbons (Fsp3) is 0.421. The van der Waals surface area contributed by atoms with Gasteiger partial charge in [0.05, 0.1) is 7.11 Å². The highest BCUT2D eigenvalue weighted by Gasteiger charge is 2.43. The average Bonchev–Trinajstić information content (AvgIpc) is 3.06. The number of benzene rings is 1. The molecule has 3 atom stereocenters. The smallest absolute Gasteiger partial charge is 0.328 e. The van der Waals surface area contributed by atoms with Crippen LogP contribution in [0, 0.1) is 0 Å². The molecule has 3 rings (SSSR count). The summed E-state index contributed by atoms with van der Waals surface area (Å²) in [4.78, 5) is 39.0. The van der Waals surface area contributed by atoms with Crippen molar-refractivity contribution in [3.8, 4) is 0 Å². The summed E-state index contributed by atoms with van der Waals surface area (Å²) in [6, 6.07) is 7.23. The number of carbonyl (C=O) groups excluding carboxylic acids is 3. The largest absolute Gasteiger partial charge is 0.467 e. The molecule has 0 bridgehead atoms. The van der Waals surface area contributed by atoms with Gasteiger partial charge in [-0.3, -0.25) is 4.79 Å². The van der Waals surface area contributed by atoms with Crippen LogP contribution >= 0.6 is 0 Å². The van der Waals surface area contributed by atoms with E-state index in [1.165, 1.54) is 7.11 Å². The first-order valence-corrected chi connectivity index (χ1v) is 8.77. The molecule has 7 heteroatoms. The predicted molar refractivity (Wildman–Crippen MR) is 96.4 cm³/mol. The van der Waals surface area contributed by atoms with Crippen LogP contribution in [-0.2, 0) is 14.3 Å². The van der Waals surface area contributed by atoms with Gasteiger partial charge in [-0.2, -0.15) is 0 Å². The van der Waals surface area contributed by atoms with Gasteiger partial charge in [0, 0.05) is 11.7 Å². The van der Waals surface area contributed by atoms with Gasteiger partial charge in [-0.05, 0) is 37.8 Å². The Kier molecular flexibility index (Phi) is 5.55. The number of rotatable bonds is 3. The van der Waals surface area contributed by atoms with E-state index in [9.17, 15) is 14.4 Å². The summed E-state index contributed by atoms with van der Waals surface area (Å²) in [5, 5.41) is 5.44. The third-order valence-electron chi connectivity index (χ3n) is 4.81. The Morgan fingerprint density at radius 1 is 1.12 bits per heavy atom. The zero-order chi connectivity index (χ0) is 18.5. The van der Waals surface area contributed by atoms with E-state index >= 15 is 0 Å². The van der Waals surface area contributed by atoms with E-state index in [-0.39, 0.29) is 11.9 Å². The third kappa shape index (κ3) is 3.87. The summed E-state index contributed by atoms with van der Waals surface area (Å²) >= 11 is 0. The van der Waals surface area contributed by atoms with Crippen molar-refractivity contribution in [2.24, 2.45) is 0 Å². The van der Waals surface area contributed by atoms with Gasteiger partial charge in [-0.25, -0.2) is 9.59 Å². The van der Waals surface area contributed by atoms with E-state index in [1.54, 1.807) is 17.0 Å². The van der Waals surface area contributed by atoms with E-state index in [0.29, 0.717) is 24.9 Å². The van der Waals surface area contributed by atoms with Crippen molar-refractivity contribution in [2.45, 2.75) is 43.8 Å². The number of fused-ring (bicyclic) bond motifs is 1. The summed E-state index contributed by atoms with van der Waals surface area (Å²) in [7, 11) is 1.33. The van der Waals surface area contributed by atoms with Gasteiger partial charge in [-0.15, -0.1) is 0 Å². The Bertz CT molecular complexity index is 704. The molecule has 0 spiro atoms. The standard InChI is InChI=1S/C19H23N3O4/c1-26-18(24)16-12-11-14-9-5-6-10-15(17(23)22(14)16)21-19(25)20-13-7-3-2-4-8-13/h2-8,14-16H,9-12H2,1H3,(H2,20,21,25)/t14-,15-,16-/m0/s1. The van der Waals surface area contributed by atoms with Crippen LogP contribution in [0.25, 0.3) is 0 Å². The molecule has 0 aliphatic carbocycles. The molecule has 1 saturated heterocycles. The van der Waals surface area contributed by atoms with Crippen LogP contribution in [0.4, 0.5) is 10.5 Å². The van der Waals surface area contributed by atoms with Crippen molar-refractivity contribution >= 4 is 23.6 Å². The van der Waals surface area contributed by atoms with E-state index in [1.807, 2.05) is 30.4 Å². The SMILES string of the molecule is COC(=O)[C@@H]1CC[C@@H]2CC=CC[C@H](NC(=O)Nc3ccccc3)C(=O)N21. The quantitative estimate of drug-likeness (QED) is 0.640. The number of amides is 3. The summed E-state index contributed by atoms with van der Waals surface area (Å²) in [6.07, 6.45) is 6.35. The molecule has 2 aliphatic rings. The molecule has 0 unspecified atom stereocenters. The van der Waals surface area contributed by atoms with Crippen molar-refractivity contribution in [3.63, 3.8) is 0 Å². The lowest BCUT2D eigenvalue weighted by Crippen LogP contribution is -2.55. The third-order valence-corrected chi connectivity index (χ3v) is 4.81. The first kappa shape index (κ1) is 18.0. The summed E-state index contributed by atoms with van der Waals surface area (Å²) in [5.41, 5.74) is 0.644. The summed E-state index contributed by atoms with van der Waals surface area (Å²) in [5.74, 6) is -0.645. The van der Waals surface area contributed by atoms with Crippen LogP contribution in [0.5, 0.6) is 0 Å². The van der Waals surface area contributed by atoms with Crippen molar-refractivity contribution in [1.82, 2.24) is 10.2 Å².